The minimum atomic E-state index is -3.08. The fraction of sp³-hybridized carbons (Fsp3) is 0.647. The van der Waals surface area contributed by atoms with Gasteiger partial charge in [-0.3, -0.25) is 0 Å². The molecule has 2 rings (SSSR count). The minimum Gasteiger partial charge on any atom is -0.374 e. The third kappa shape index (κ3) is 4.93. The molecule has 1 aliphatic rings. The third-order valence-electron chi connectivity index (χ3n) is 4.51. The number of para-hydroxylation sites is 1. The number of nitrogens with zero attached hydrogens (tertiary/aromatic N) is 2. The lowest BCUT2D eigenvalue weighted by Crippen LogP contribution is -2.33. The zero-order valence-corrected chi connectivity index (χ0v) is 15.3. The summed E-state index contributed by atoms with van der Waals surface area (Å²) in [4.78, 5) is 2.32. The van der Waals surface area contributed by atoms with Gasteiger partial charge in [0.15, 0.2) is 0 Å². The molecule has 0 bridgehead atoms. The van der Waals surface area contributed by atoms with E-state index in [1.807, 2.05) is 6.92 Å². The summed E-state index contributed by atoms with van der Waals surface area (Å²) < 4.78 is 24.7. The van der Waals surface area contributed by atoms with E-state index in [1.165, 1.54) is 21.8 Å². The Morgan fingerprint density at radius 3 is 2.78 bits per heavy atom. The maximum Gasteiger partial charge on any atom is 0.211 e. The SMILES string of the molecule is CCN(CCCN[C@H]1CCCN(C)c2ccccc21)S(C)(=O)=O. The predicted octanol–water partition coefficient (Wildman–Crippen LogP) is 2.22. The lowest BCUT2D eigenvalue weighted by Gasteiger charge is -2.23. The molecule has 0 unspecified atom stereocenters. The van der Waals surface area contributed by atoms with Crippen LogP contribution in [0.15, 0.2) is 24.3 Å². The van der Waals surface area contributed by atoms with Gasteiger partial charge in [0.2, 0.25) is 10.0 Å². The van der Waals surface area contributed by atoms with Crippen molar-refractivity contribution < 1.29 is 8.42 Å². The van der Waals surface area contributed by atoms with Gasteiger partial charge in [0.05, 0.1) is 6.26 Å². The van der Waals surface area contributed by atoms with Crippen molar-refractivity contribution in [3.63, 3.8) is 0 Å². The summed E-state index contributed by atoms with van der Waals surface area (Å²) in [5, 5.41) is 3.62. The molecule has 0 amide bonds. The van der Waals surface area contributed by atoms with E-state index in [4.69, 9.17) is 0 Å². The van der Waals surface area contributed by atoms with Crippen LogP contribution in [0, 0.1) is 0 Å². The standard InChI is InChI=1S/C17H29N3O2S/c1-4-20(23(3,21)22)14-8-12-18-16-10-7-13-19(2)17-11-6-5-9-15(16)17/h5-6,9,11,16,18H,4,7-8,10,12-14H2,1-3H3/t16-/m0/s1. The first kappa shape index (κ1) is 18.2. The molecule has 6 heteroatoms. The number of benzene rings is 1. The second-order valence-corrected chi connectivity index (χ2v) is 8.22. The maximum absolute atomic E-state index is 11.6. The summed E-state index contributed by atoms with van der Waals surface area (Å²) in [5.41, 5.74) is 2.65. The first-order chi connectivity index (χ1) is 10.9. The van der Waals surface area contributed by atoms with Gasteiger partial charge in [-0.05, 0) is 37.4 Å². The van der Waals surface area contributed by atoms with Gasteiger partial charge in [0.1, 0.15) is 0 Å². The van der Waals surface area contributed by atoms with Gasteiger partial charge in [-0.25, -0.2) is 12.7 Å². The van der Waals surface area contributed by atoms with E-state index in [1.54, 1.807) is 0 Å². The molecule has 0 spiro atoms. The summed E-state index contributed by atoms with van der Waals surface area (Å²) in [6.45, 7) is 4.90. The Morgan fingerprint density at radius 1 is 1.35 bits per heavy atom. The Morgan fingerprint density at radius 2 is 2.09 bits per heavy atom. The van der Waals surface area contributed by atoms with Crippen molar-refractivity contribution in [1.29, 1.82) is 0 Å². The van der Waals surface area contributed by atoms with Gasteiger partial charge in [-0.15, -0.1) is 0 Å². The molecular formula is C17H29N3O2S. The molecule has 0 fully saturated rings. The molecule has 1 atom stereocenters. The van der Waals surface area contributed by atoms with Crippen molar-refractivity contribution in [3.8, 4) is 0 Å². The maximum atomic E-state index is 11.6. The van der Waals surface area contributed by atoms with Gasteiger partial charge in [0, 0.05) is 38.4 Å². The zero-order chi connectivity index (χ0) is 16.9. The highest BCUT2D eigenvalue weighted by Gasteiger charge is 2.20. The minimum absolute atomic E-state index is 0.351. The number of anilines is 1. The van der Waals surface area contributed by atoms with Crippen LogP contribution in [-0.2, 0) is 10.0 Å². The fourth-order valence-electron chi connectivity index (χ4n) is 3.24. The van der Waals surface area contributed by atoms with E-state index in [-0.39, 0.29) is 0 Å². The fourth-order valence-corrected chi connectivity index (χ4v) is 4.17. The van der Waals surface area contributed by atoms with Crippen LogP contribution >= 0.6 is 0 Å². The molecule has 0 aliphatic carbocycles. The summed E-state index contributed by atoms with van der Waals surface area (Å²) in [7, 11) is -0.938. The van der Waals surface area contributed by atoms with Crippen molar-refractivity contribution in [3.05, 3.63) is 29.8 Å². The molecule has 130 valence electrons. The van der Waals surface area contributed by atoms with E-state index in [0.717, 1.165) is 32.4 Å². The highest BCUT2D eigenvalue weighted by molar-refractivity contribution is 7.88. The van der Waals surface area contributed by atoms with E-state index in [2.05, 4.69) is 41.5 Å². The Hall–Kier alpha value is -1.11. The number of nitrogens with one attached hydrogen (secondary N) is 1. The lowest BCUT2D eigenvalue weighted by molar-refractivity contribution is 0.406. The van der Waals surface area contributed by atoms with Crippen molar-refractivity contribution >= 4 is 15.7 Å². The van der Waals surface area contributed by atoms with Gasteiger partial charge in [-0.2, -0.15) is 0 Å². The van der Waals surface area contributed by atoms with Crippen LogP contribution in [0.5, 0.6) is 0 Å². The second-order valence-electron chi connectivity index (χ2n) is 6.24. The summed E-state index contributed by atoms with van der Waals surface area (Å²) in [6, 6.07) is 8.91. The van der Waals surface area contributed by atoms with E-state index in [0.29, 0.717) is 19.1 Å². The molecule has 1 aromatic rings. The first-order valence-corrected chi connectivity index (χ1v) is 10.3. The van der Waals surface area contributed by atoms with E-state index in [9.17, 15) is 8.42 Å². The first-order valence-electron chi connectivity index (χ1n) is 8.42. The highest BCUT2D eigenvalue weighted by Crippen LogP contribution is 2.31. The smallest absolute Gasteiger partial charge is 0.211 e. The molecule has 23 heavy (non-hydrogen) atoms. The normalized spacial score (nSPS) is 18.8. The lowest BCUT2D eigenvalue weighted by atomic mass is 10.0. The average molecular weight is 340 g/mol. The summed E-state index contributed by atoms with van der Waals surface area (Å²) in [5.74, 6) is 0. The molecule has 1 aromatic carbocycles. The number of hydrogen-bond acceptors (Lipinski definition) is 4. The monoisotopic (exact) mass is 339 g/mol. The second kappa shape index (κ2) is 8.13. The van der Waals surface area contributed by atoms with E-state index < -0.39 is 10.0 Å². The van der Waals surface area contributed by atoms with Crippen LogP contribution < -0.4 is 10.2 Å². The Balaban J connectivity index is 1.92. The molecule has 0 radical (unpaired) electrons. The average Bonchev–Trinajstić information content (AvgIpc) is 2.66. The van der Waals surface area contributed by atoms with E-state index >= 15 is 0 Å². The quantitative estimate of drug-likeness (QED) is 0.774. The summed E-state index contributed by atoms with van der Waals surface area (Å²) in [6.07, 6.45) is 4.38. The number of sulfonamides is 1. The van der Waals surface area contributed by atoms with Gasteiger partial charge >= 0.3 is 0 Å². The van der Waals surface area contributed by atoms with Crippen LogP contribution in [0.2, 0.25) is 0 Å². The Kier molecular flexibility index (Phi) is 6.44. The highest BCUT2D eigenvalue weighted by atomic mass is 32.2. The van der Waals surface area contributed by atoms with Crippen LogP contribution in [0.25, 0.3) is 0 Å². The van der Waals surface area contributed by atoms with Crippen LogP contribution in [-0.4, -0.2) is 52.2 Å². The third-order valence-corrected chi connectivity index (χ3v) is 5.89. The molecule has 1 N–H and O–H groups in total. The van der Waals surface area contributed by atoms with Crippen molar-refractivity contribution in [2.45, 2.75) is 32.2 Å². The van der Waals surface area contributed by atoms with Crippen LogP contribution in [0.3, 0.4) is 0 Å². The van der Waals surface area contributed by atoms with Crippen LogP contribution in [0.4, 0.5) is 5.69 Å². The molecule has 0 saturated heterocycles. The number of fused-ring (bicyclic) bond motifs is 1. The molecule has 1 aliphatic heterocycles. The van der Waals surface area contributed by atoms with Crippen molar-refractivity contribution in [2.24, 2.45) is 0 Å². The van der Waals surface area contributed by atoms with Crippen LogP contribution in [0.1, 0.15) is 37.8 Å². The van der Waals surface area contributed by atoms with Gasteiger partial charge in [0.25, 0.3) is 0 Å². The largest absolute Gasteiger partial charge is 0.374 e. The van der Waals surface area contributed by atoms with Crippen molar-refractivity contribution in [2.75, 3.05) is 44.4 Å². The van der Waals surface area contributed by atoms with Crippen molar-refractivity contribution in [1.82, 2.24) is 9.62 Å². The molecule has 0 aromatic heterocycles. The number of rotatable bonds is 7. The summed E-state index contributed by atoms with van der Waals surface area (Å²) >= 11 is 0. The van der Waals surface area contributed by atoms with Gasteiger partial charge in [-0.1, -0.05) is 25.1 Å². The zero-order valence-electron chi connectivity index (χ0n) is 14.5. The Bertz CT molecular complexity index is 604. The predicted molar refractivity (Wildman–Crippen MR) is 96.4 cm³/mol. The molecule has 5 nitrogen and oxygen atoms in total. The topological polar surface area (TPSA) is 52.6 Å². The molecule has 0 saturated carbocycles. The molecular weight excluding hydrogens is 310 g/mol. The van der Waals surface area contributed by atoms with Gasteiger partial charge < -0.3 is 10.2 Å². The Labute approximate surface area is 140 Å². The number of hydrogen-bond donors (Lipinski definition) is 1. The molecule has 1 heterocycles.